The average Bonchev–Trinajstić information content (AvgIpc) is 3.58. The summed E-state index contributed by atoms with van der Waals surface area (Å²) in [5.41, 5.74) is 5.95. The topological polar surface area (TPSA) is 127 Å². The van der Waals surface area contributed by atoms with E-state index in [-0.39, 0.29) is 31.1 Å². The third-order valence-corrected chi connectivity index (χ3v) is 9.49. The first-order valence-electron chi connectivity index (χ1n) is 17.1. The van der Waals surface area contributed by atoms with Crippen LogP contribution in [0.5, 0.6) is 0 Å². The monoisotopic (exact) mass is 658 g/mol. The van der Waals surface area contributed by atoms with E-state index in [4.69, 9.17) is 24.1 Å². The summed E-state index contributed by atoms with van der Waals surface area (Å²) in [6.07, 6.45) is 3.18. The van der Waals surface area contributed by atoms with Crippen LogP contribution in [-0.2, 0) is 41.7 Å². The van der Waals surface area contributed by atoms with Crippen LogP contribution in [0.25, 0.3) is 11.1 Å². The first kappa shape index (κ1) is 34.2. The summed E-state index contributed by atoms with van der Waals surface area (Å²) in [5, 5.41) is 21.3. The first-order valence-corrected chi connectivity index (χ1v) is 17.1. The molecular formula is C38H46N2O8. The Bertz CT molecular complexity index is 1500. The van der Waals surface area contributed by atoms with Gasteiger partial charge in [0.1, 0.15) is 0 Å². The number of piperidine rings is 1. The summed E-state index contributed by atoms with van der Waals surface area (Å²) in [4.78, 5) is 25.3. The Morgan fingerprint density at radius 1 is 0.833 bits per heavy atom. The molecule has 3 fully saturated rings. The van der Waals surface area contributed by atoms with Gasteiger partial charge >= 0.3 is 5.97 Å². The molecule has 10 heteroatoms. The fourth-order valence-electron chi connectivity index (χ4n) is 6.73. The van der Waals surface area contributed by atoms with Crippen LogP contribution in [0.3, 0.4) is 0 Å². The van der Waals surface area contributed by atoms with Crippen LogP contribution in [0.1, 0.15) is 79.6 Å². The van der Waals surface area contributed by atoms with Gasteiger partial charge in [-0.25, -0.2) is 0 Å². The van der Waals surface area contributed by atoms with Gasteiger partial charge in [-0.3, -0.25) is 9.59 Å². The SMILES string of the molecule is O=C(O)CCCCC(=O)NCc1cccc(-c2ccc([C@H]3O[C@@H](CN4CCC5(CC4)OCCO5)C[C@@H](c4ccc(CO)cc4)O3)cc2)c1. The van der Waals surface area contributed by atoms with Crippen molar-refractivity contribution in [1.82, 2.24) is 10.2 Å². The molecule has 10 nitrogen and oxygen atoms in total. The quantitative estimate of drug-likeness (QED) is 0.204. The third-order valence-electron chi connectivity index (χ3n) is 9.49. The number of aliphatic hydroxyl groups is 1. The highest BCUT2D eigenvalue weighted by Gasteiger charge is 2.41. The Labute approximate surface area is 282 Å². The van der Waals surface area contributed by atoms with Gasteiger partial charge in [0.15, 0.2) is 12.1 Å². The van der Waals surface area contributed by atoms with Crippen molar-refractivity contribution in [3.63, 3.8) is 0 Å². The highest BCUT2D eigenvalue weighted by Crippen LogP contribution is 2.39. The average molecular weight is 659 g/mol. The summed E-state index contributed by atoms with van der Waals surface area (Å²) < 4.78 is 25.1. The number of carbonyl (C=O) groups is 2. The number of hydrogen-bond acceptors (Lipinski definition) is 8. The number of amides is 1. The Hall–Kier alpha value is -3.64. The van der Waals surface area contributed by atoms with E-state index in [2.05, 4.69) is 40.5 Å². The van der Waals surface area contributed by atoms with Crippen LogP contribution in [0.4, 0.5) is 0 Å². The summed E-state index contributed by atoms with van der Waals surface area (Å²) >= 11 is 0. The first-order chi connectivity index (χ1) is 23.4. The van der Waals surface area contributed by atoms with Gasteiger partial charge in [-0.2, -0.15) is 0 Å². The Kier molecular flexibility index (Phi) is 11.5. The lowest BCUT2D eigenvalue weighted by atomic mass is 9.98. The van der Waals surface area contributed by atoms with Crippen molar-refractivity contribution in [2.45, 2.75) is 82.4 Å². The number of aliphatic carboxylic acids is 1. The van der Waals surface area contributed by atoms with Gasteiger partial charge in [-0.05, 0) is 46.7 Å². The normalized spacial score (nSPS) is 22.5. The standard InChI is InChI=1S/C38H46N2O8/c41-26-27-8-10-30(11-9-27)34-23-33(25-40-18-16-38(17-19-40)45-20-21-46-38)47-37(48-34)31-14-12-29(13-15-31)32-5-3-4-28(22-32)24-39-35(42)6-1-2-7-36(43)44/h3-5,8-15,22,33-34,37,41H,1-2,6-7,16-21,23-26H2,(H,39,42)(H,43,44)/t33-,34+,37+/m1/s1. The van der Waals surface area contributed by atoms with Crippen molar-refractivity contribution in [2.24, 2.45) is 0 Å². The number of carbonyl (C=O) groups excluding carboxylic acids is 1. The number of rotatable bonds is 13. The van der Waals surface area contributed by atoms with Gasteiger partial charge in [-0.1, -0.05) is 66.7 Å². The molecule has 6 rings (SSSR count). The summed E-state index contributed by atoms with van der Waals surface area (Å²) in [5.74, 6) is -1.33. The van der Waals surface area contributed by atoms with Gasteiger partial charge in [0, 0.05) is 63.8 Å². The van der Waals surface area contributed by atoms with Gasteiger partial charge in [0.25, 0.3) is 0 Å². The van der Waals surface area contributed by atoms with E-state index in [1.165, 1.54) is 0 Å². The number of aliphatic hydroxyl groups excluding tert-OH is 1. The molecule has 3 heterocycles. The lowest BCUT2D eigenvalue weighted by molar-refractivity contribution is -0.255. The van der Waals surface area contributed by atoms with E-state index in [9.17, 15) is 14.7 Å². The molecule has 0 saturated carbocycles. The Balaban J connectivity index is 1.10. The predicted octanol–water partition coefficient (Wildman–Crippen LogP) is 5.49. The van der Waals surface area contributed by atoms with Crippen LogP contribution in [0.15, 0.2) is 72.8 Å². The van der Waals surface area contributed by atoms with E-state index in [1.807, 2.05) is 42.5 Å². The van der Waals surface area contributed by atoms with Crippen LogP contribution in [-0.4, -0.2) is 71.7 Å². The molecule has 3 aliphatic rings. The van der Waals surface area contributed by atoms with E-state index in [1.54, 1.807) is 0 Å². The number of carboxylic acids is 1. The molecule has 0 bridgehead atoms. The van der Waals surface area contributed by atoms with Gasteiger partial charge in [0.2, 0.25) is 5.91 Å². The molecule has 0 unspecified atom stereocenters. The fourth-order valence-corrected chi connectivity index (χ4v) is 6.73. The smallest absolute Gasteiger partial charge is 0.303 e. The fraction of sp³-hybridized carbons (Fsp3) is 0.474. The number of benzene rings is 3. The minimum absolute atomic E-state index is 0.00409. The number of nitrogens with zero attached hydrogens (tertiary/aromatic N) is 1. The lowest BCUT2D eigenvalue weighted by Gasteiger charge is -2.41. The van der Waals surface area contributed by atoms with Gasteiger partial charge in [-0.15, -0.1) is 0 Å². The molecule has 3 saturated heterocycles. The summed E-state index contributed by atoms with van der Waals surface area (Å²) in [6.45, 7) is 4.34. The van der Waals surface area contributed by atoms with Crippen molar-refractivity contribution >= 4 is 11.9 Å². The van der Waals surface area contributed by atoms with Crippen molar-refractivity contribution in [1.29, 1.82) is 0 Å². The molecule has 0 aromatic heterocycles. The zero-order chi connectivity index (χ0) is 33.3. The third kappa shape index (κ3) is 9.07. The number of hydrogen-bond donors (Lipinski definition) is 3. The van der Waals surface area contributed by atoms with Crippen molar-refractivity contribution in [3.8, 4) is 11.1 Å². The number of likely N-dealkylation sites (tertiary alicyclic amines) is 1. The number of carboxylic acid groups (broad SMARTS) is 1. The maximum atomic E-state index is 12.2. The number of ether oxygens (including phenoxy) is 4. The van der Waals surface area contributed by atoms with Crippen molar-refractivity contribution in [2.75, 3.05) is 32.8 Å². The summed E-state index contributed by atoms with van der Waals surface area (Å²) in [7, 11) is 0. The largest absolute Gasteiger partial charge is 0.481 e. The number of unbranched alkanes of at least 4 members (excludes halogenated alkanes) is 1. The Morgan fingerprint density at radius 2 is 1.54 bits per heavy atom. The zero-order valence-corrected chi connectivity index (χ0v) is 27.4. The maximum Gasteiger partial charge on any atom is 0.303 e. The highest BCUT2D eigenvalue weighted by molar-refractivity contribution is 5.76. The van der Waals surface area contributed by atoms with Crippen molar-refractivity contribution < 1.29 is 38.7 Å². The van der Waals surface area contributed by atoms with Crippen molar-refractivity contribution in [3.05, 3.63) is 95.1 Å². The molecule has 3 atom stereocenters. The van der Waals surface area contributed by atoms with Gasteiger partial charge < -0.3 is 39.4 Å². The predicted molar refractivity (Wildman–Crippen MR) is 179 cm³/mol. The molecule has 0 radical (unpaired) electrons. The van der Waals surface area contributed by atoms with Crippen LogP contribution in [0, 0.1) is 0 Å². The van der Waals surface area contributed by atoms with E-state index >= 15 is 0 Å². The second kappa shape index (κ2) is 16.2. The molecule has 256 valence electrons. The molecular weight excluding hydrogens is 612 g/mol. The van der Waals surface area contributed by atoms with E-state index in [0.29, 0.717) is 39.0 Å². The van der Waals surface area contributed by atoms with Gasteiger partial charge in [0.05, 0.1) is 32.0 Å². The second-order valence-corrected chi connectivity index (χ2v) is 13.0. The molecule has 3 aliphatic heterocycles. The molecule has 48 heavy (non-hydrogen) atoms. The van der Waals surface area contributed by atoms with E-state index in [0.717, 1.165) is 72.3 Å². The maximum absolute atomic E-state index is 12.2. The molecule has 1 spiro atoms. The van der Waals surface area contributed by atoms with Crippen LogP contribution in [0.2, 0.25) is 0 Å². The lowest BCUT2D eigenvalue weighted by Crippen LogP contribution is -2.48. The zero-order valence-electron chi connectivity index (χ0n) is 27.4. The second-order valence-electron chi connectivity index (χ2n) is 13.0. The minimum atomic E-state index is -0.838. The highest BCUT2D eigenvalue weighted by atomic mass is 16.7. The minimum Gasteiger partial charge on any atom is -0.481 e. The number of nitrogens with one attached hydrogen (secondary N) is 1. The molecule has 3 aromatic rings. The van der Waals surface area contributed by atoms with Crippen LogP contribution < -0.4 is 5.32 Å². The molecule has 1 amide bonds. The summed E-state index contributed by atoms with van der Waals surface area (Å²) in [6, 6.07) is 24.3. The van der Waals surface area contributed by atoms with E-state index < -0.39 is 18.0 Å². The molecule has 0 aliphatic carbocycles. The molecule has 3 aromatic carbocycles. The molecule has 3 N–H and O–H groups in total. The Morgan fingerprint density at radius 3 is 2.25 bits per heavy atom. The van der Waals surface area contributed by atoms with Crippen LogP contribution >= 0.6 is 0 Å².